The molecule has 3 nitrogen and oxygen atoms in total. The minimum absolute atomic E-state index is 0.0480. The lowest BCUT2D eigenvalue weighted by atomic mass is 10.1. The average molecular weight is 284 g/mol. The second kappa shape index (κ2) is 7.39. The molecular formula is C15H22ClNO2. The van der Waals surface area contributed by atoms with E-state index in [2.05, 4.69) is 13.0 Å². The zero-order valence-corrected chi connectivity index (χ0v) is 12.8. The fourth-order valence-corrected chi connectivity index (χ4v) is 2.03. The summed E-state index contributed by atoms with van der Waals surface area (Å²) in [7, 11) is 1.76. The van der Waals surface area contributed by atoms with E-state index in [-0.39, 0.29) is 5.91 Å². The third kappa shape index (κ3) is 5.11. The number of amides is 1. The SMILES string of the molecule is Cc1ccc(OCCCN(C)C(=O)C(C)Cl)c(C)c1. The predicted octanol–water partition coefficient (Wildman–Crippen LogP) is 3.16. The summed E-state index contributed by atoms with van der Waals surface area (Å²) in [6, 6.07) is 6.12. The summed E-state index contributed by atoms with van der Waals surface area (Å²) in [6.45, 7) is 7.03. The molecule has 0 heterocycles. The molecule has 1 rings (SSSR count). The van der Waals surface area contributed by atoms with Crippen molar-refractivity contribution in [3.63, 3.8) is 0 Å². The molecule has 1 atom stereocenters. The zero-order valence-electron chi connectivity index (χ0n) is 12.1. The number of alkyl halides is 1. The average Bonchev–Trinajstić information content (AvgIpc) is 2.35. The normalized spacial score (nSPS) is 12.1. The number of halogens is 1. The zero-order chi connectivity index (χ0) is 14.4. The number of hydrogen-bond donors (Lipinski definition) is 0. The Labute approximate surface area is 120 Å². The second-order valence-corrected chi connectivity index (χ2v) is 5.50. The molecule has 0 spiro atoms. The molecule has 1 amide bonds. The van der Waals surface area contributed by atoms with Crippen LogP contribution >= 0.6 is 11.6 Å². The Hall–Kier alpha value is -1.22. The molecule has 0 aliphatic heterocycles. The van der Waals surface area contributed by atoms with Crippen molar-refractivity contribution in [2.45, 2.75) is 32.6 Å². The van der Waals surface area contributed by atoms with Gasteiger partial charge in [0.2, 0.25) is 5.91 Å². The van der Waals surface area contributed by atoms with Crippen molar-refractivity contribution >= 4 is 17.5 Å². The highest BCUT2D eigenvalue weighted by atomic mass is 35.5. The third-order valence-corrected chi connectivity index (χ3v) is 3.13. The number of nitrogens with zero attached hydrogens (tertiary/aromatic N) is 1. The topological polar surface area (TPSA) is 29.5 Å². The largest absolute Gasteiger partial charge is 0.493 e. The van der Waals surface area contributed by atoms with Crippen LogP contribution in [-0.4, -0.2) is 36.4 Å². The molecule has 0 saturated carbocycles. The number of carbonyl (C=O) groups is 1. The Morgan fingerprint density at radius 2 is 2.11 bits per heavy atom. The van der Waals surface area contributed by atoms with Gasteiger partial charge in [0.25, 0.3) is 0 Å². The highest BCUT2D eigenvalue weighted by Crippen LogP contribution is 2.18. The van der Waals surface area contributed by atoms with Crippen LogP contribution in [0.5, 0.6) is 5.75 Å². The van der Waals surface area contributed by atoms with Crippen molar-refractivity contribution in [2.24, 2.45) is 0 Å². The molecule has 0 saturated heterocycles. The molecule has 19 heavy (non-hydrogen) atoms. The van der Waals surface area contributed by atoms with Gasteiger partial charge in [0.05, 0.1) is 6.61 Å². The van der Waals surface area contributed by atoms with Crippen molar-refractivity contribution in [3.8, 4) is 5.75 Å². The van der Waals surface area contributed by atoms with Crippen LogP contribution in [0.25, 0.3) is 0 Å². The third-order valence-electron chi connectivity index (χ3n) is 2.94. The molecular weight excluding hydrogens is 262 g/mol. The van der Waals surface area contributed by atoms with E-state index in [1.807, 2.05) is 19.1 Å². The first-order valence-corrected chi connectivity index (χ1v) is 6.94. The summed E-state index contributed by atoms with van der Waals surface area (Å²) in [6.07, 6.45) is 0.791. The molecule has 0 aliphatic carbocycles. The summed E-state index contributed by atoms with van der Waals surface area (Å²) in [5, 5.41) is -0.467. The van der Waals surface area contributed by atoms with Crippen molar-refractivity contribution in [1.82, 2.24) is 4.90 Å². The lowest BCUT2D eigenvalue weighted by Gasteiger charge is -2.18. The van der Waals surface area contributed by atoms with Crippen LogP contribution in [0.2, 0.25) is 0 Å². The van der Waals surface area contributed by atoms with E-state index >= 15 is 0 Å². The number of hydrogen-bond acceptors (Lipinski definition) is 2. The van der Waals surface area contributed by atoms with Gasteiger partial charge in [-0.1, -0.05) is 17.7 Å². The van der Waals surface area contributed by atoms with E-state index in [9.17, 15) is 4.79 Å². The van der Waals surface area contributed by atoms with Crippen LogP contribution in [0, 0.1) is 13.8 Å². The Morgan fingerprint density at radius 3 is 2.68 bits per heavy atom. The first-order valence-electron chi connectivity index (χ1n) is 6.51. The van der Waals surface area contributed by atoms with Crippen LogP contribution in [0.15, 0.2) is 18.2 Å². The van der Waals surface area contributed by atoms with Crippen molar-refractivity contribution in [2.75, 3.05) is 20.2 Å². The van der Waals surface area contributed by atoms with Crippen LogP contribution in [-0.2, 0) is 4.79 Å². The molecule has 0 fully saturated rings. The Kier molecular flexibility index (Phi) is 6.16. The smallest absolute Gasteiger partial charge is 0.240 e. The standard InChI is InChI=1S/C15H22ClNO2/c1-11-6-7-14(12(2)10-11)19-9-5-8-17(4)15(18)13(3)16/h6-7,10,13H,5,8-9H2,1-4H3. The maximum Gasteiger partial charge on any atom is 0.240 e. The van der Waals surface area contributed by atoms with E-state index in [0.717, 1.165) is 17.7 Å². The minimum atomic E-state index is -0.467. The van der Waals surface area contributed by atoms with Crippen molar-refractivity contribution in [1.29, 1.82) is 0 Å². The maximum absolute atomic E-state index is 11.6. The Morgan fingerprint density at radius 1 is 1.42 bits per heavy atom. The summed E-state index contributed by atoms with van der Waals surface area (Å²) >= 11 is 5.74. The van der Waals surface area contributed by atoms with Gasteiger partial charge in [-0.05, 0) is 38.8 Å². The summed E-state index contributed by atoms with van der Waals surface area (Å²) in [5.74, 6) is 0.860. The van der Waals surface area contributed by atoms with E-state index in [1.54, 1.807) is 18.9 Å². The van der Waals surface area contributed by atoms with Crippen LogP contribution < -0.4 is 4.74 Å². The molecule has 106 valence electrons. The van der Waals surface area contributed by atoms with Crippen LogP contribution in [0.3, 0.4) is 0 Å². The fraction of sp³-hybridized carbons (Fsp3) is 0.533. The fourth-order valence-electron chi connectivity index (χ4n) is 1.86. The molecule has 0 N–H and O–H groups in total. The van der Waals surface area contributed by atoms with Gasteiger partial charge >= 0.3 is 0 Å². The molecule has 1 aromatic carbocycles. The Bertz CT molecular complexity index is 432. The van der Waals surface area contributed by atoms with Gasteiger partial charge in [-0.3, -0.25) is 4.79 Å². The van der Waals surface area contributed by atoms with Gasteiger partial charge < -0.3 is 9.64 Å². The predicted molar refractivity (Wildman–Crippen MR) is 79.0 cm³/mol. The van der Waals surface area contributed by atoms with Gasteiger partial charge in [-0.15, -0.1) is 11.6 Å². The van der Waals surface area contributed by atoms with Crippen molar-refractivity contribution < 1.29 is 9.53 Å². The second-order valence-electron chi connectivity index (χ2n) is 4.85. The van der Waals surface area contributed by atoms with Gasteiger partial charge in [0.15, 0.2) is 0 Å². The van der Waals surface area contributed by atoms with E-state index in [1.165, 1.54) is 5.56 Å². The highest BCUT2D eigenvalue weighted by Gasteiger charge is 2.13. The van der Waals surface area contributed by atoms with Crippen LogP contribution in [0.1, 0.15) is 24.5 Å². The Balaban J connectivity index is 2.33. The highest BCUT2D eigenvalue weighted by molar-refractivity contribution is 6.30. The number of carbonyl (C=O) groups excluding carboxylic acids is 1. The number of ether oxygens (including phenoxy) is 1. The summed E-state index contributed by atoms with van der Waals surface area (Å²) in [4.78, 5) is 13.2. The van der Waals surface area contributed by atoms with Crippen molar-refractivity contribution in [3.05, 3.63) is 29.3 Å². The molecule has 0 aromatic heterocycles. The molecule has 0 radical (unpaired) electrons. The monoisotopic (exact) mass is 283 g/mol. The van der Waals surface area contributed by atoms with E-state index in [4.69, 9.17) is 16.3 Å². The number of aryl methyl sites for hydroxylation is 2. The molecule has 1 unspecified atom stereocenters. The number of rotatable bonds is 6. The summed E-state index contributed by atoms with van der Waals surface area (Å²) in [5.41, 5.74) is 2.37. The molecule has 4 heteroatoms. The van der Waals surface area contributed by atoms with Gasteiger partial charge in [-0.2, -0.15) is 0 Å². The van der Waals surface area contributed by atoms with Gasteiger partial charge in [0, 0.05) is 13.6 Å². The van der Waals surface area contributed by atoms with Crippen LogP contribution in [0.4, 0.5) is 0 Å². The summed E-state index contributed by atoms with van der Waals surface area (Å²) < 4.78 is 5.71. The first-order chi connectivity index (χ1) is 8.91. The molecule has 0 bridgehead atoms. The quantitative estimate of drug-likeness (QED) is 0.593. The maximum atomic E-state index is 11.6. The number of benzene rings is 1. The molecule has 0 aliphatic rings. The van der Waals surface area contributed by atoms with Gasteiger partial charge in [0.1, 0.15) is 11.1 Å². The lowest BCUT2D eigenvalue weighted by Crippen LogP contribution is -2.33. The first kappa shape index (κ1) is 15.8. The van der Waals surface area contributed by atoms with Gasteiger partial charge in [-0.25, -0.2) is 0 Å². The minimum Gasteiger partial charge on any atom is -0.493 e. The lowest BCUT2D eigenvalue weighted by molar-refractivity contribution is -0.129. The van der Waals surface area contributed by atoms with E-state index < -0.39 is 5.38 Å². The van der Waals surface area contributed by atoms with E-state index in [0.29, 0.717) is 13.2 Å². The molecule has 1 aromatic rings.